The molecule has 3 rings (SSSR count). The van der Waals surface area contributed by atoms with E-state index in [1.807, 2.05) is 24.3 Å². The number of rotatable bonds is 4. The molecule has 1 aromatic heterocycles. The smallest absolute Gasteiger partial charge is 0.224 e. The van der Waals surface area contributed by atoms with Gasteiger partial charge in [-0.05, 0) is 12.1 Å². The summed E-state index contributed by atoms with van der Waals surface area (Å²) in [6.07, 6.45) is 0.526. The summed E-state index contributed by atoms with van der Waals surface area (Å²) in [7, 11) is 0. The summed E-state index contributed by atoms with van der Waals surface area (Å²) in [6, 6.07) is 9.12. The van der Waals surface area contributed by atoms with Gasteiger partial charge in [0.15, 0.2) is 17.5 Å². The lowest BCUT2D eigenvalue weighted by Crippen LogP contribution is -2.13. The fourth-order valence-corrected chi connectivity index (χ4v) is 3.07. The van der Waals surface area contributed by atoms with E-state index in [-0.39, 0.29) is 12.1 Å². The number of nitrogens with zero attached hydrogens (tertiary/aromatic N) is 1. The Balaban J connectivity index is 1.63. The van der Waals surface area contributed by atoms with Crippen LogP contribution in [0.1, 0.15) is 11.4 Å². The van der Waals surface area contributed by atoms with Crippen LogP contribution >= 0.6 is 11.3 Å². The number of benzene rings is 2. The van der Waals surface area contributed by atoms with Gasteiger partial charge in [-0.3, -0.25) is 4.79 Å². The van der Waals surface area contributed by atoms with Gasteiger partial charge in [-0.15, -0.1) is 11.3 Å². The Morgan fingerprint density at radius 1 is 1.13 bits per heavy atom. The molecule has 0 saturated heterocycles. The van der Waals surface area contributed by atoms with Crippen molar-refractivity contribution in [3.05, 3.63) is 58.9 Å². The minimum Gasteiger partial charge on any atom is -0.326 e. The molecule has 3 nitrogen and oxygen atoms in total. The number of aromatic nitrogens is 1. The number of aryl methyl sites for hydroxylation is 1. The number of thiazole rings is 1. The van der Waals surface area contributed by atoms with Crippen LogP contribution in [0.3, 0.4) is 0 Å². The molecule has 0 saturated carbocycles. The molecule has 0 fully saturated rings. The topological polar surface area (TPSA) is 42.0 Å². The zero-order chi connectivity index (χ0) is 16.4. The summed E-state index contributed by atoms with van der Waals surface area (Å²) in [5.74, 6) is -4.66. The monoisotopic (exact) mass is 336 g/mol. The van der Waals surface area contributed by atoms with E-state index >= 15 is 0 Å². The van der Waals surface area contributed by atoms with Gasteiger partial charge in [0, 0.05) is 30.7 Å². The summed E-state index contributed by atoms with van der Waals surface area (Å²) in [5, 5.41) is 3.15. The van der Waals surface area contributed by atoms with E-state index in [9.17, 15) is 18.0 Å². The molecular formula is C16H11F3N2OS. The number of amides is 1. The highest BCUT2D eigenvalue weighted by Crippen LogP contribution is 2.23. The van der Waals surface area contributed by atoms with Crippen molar-refractivity contribution in [3.8, 4) is 0 Å². The lowest BCUT2D eigenvalue weighted by molar-refractivity contribution is -0.116. The summed E-state index contributed by atoms with van der Waals surface area (Å²) >= 11 is 1.49. The van der Waals surface area contributed by atoms with Crippen molar-refractivity contribution in [3.63, 3.8) is 0 Å². The van der Waals surface area contributed by atoms with E-state index in [1.165, 1.54) is 11.3 Å². The Labute approximate surface area is 133 Å². The van der Waals surface area contributed by atoms with Gasteiger partial charge in [-0.2, -0.15) is 0 Å². The number of carbonyl (C=O) groups is 1. The van der Waals surface area contributed by atoms with Gasteiger partial charge in [0.2, 0.25) is 5.91 Å². The molecule has 0 aliphatic rings. The van der Waals surface area contributed by atoms with Crippen LogP contribution in [-0.2, 0) is 11.2 Å². The van der Waals surface area contributed by atoms with Gasteiger partial charge in [-0.1, -0.05) is 12.1 Å². The molecular weight excluding hydrogens is 325 g/mol. The first-order valence-electron chi connectivity index (χ1n) is 6.82. The van der Waals surface area contributed by atoms with Crippen LogP contribution < -0.4 is 5.32 Å². The van der Waals surface area contributed by atoms with Gasteiger partial charge < -0.3 is 5.32 Å². The van der Waals surface area contributed by atoms with Crippen molar-refractivity contribution in [1.82, 2.24) is 4.98 Å². The van der Waals surface area contributed by atoms with E-state index in [4.69, 9.17) is 0 Å². The third-order valence-electron chi connectivity index (χ3n) is 3.17. The number of hydrogen-bond acceptors (Lipinski definition) is 3. The fraction of sp³-hybridized carbons (Fsp3) is 0.125. The predicted molar refractivity (Wildman–Crippen MR) is 82.9 cm³/mol. The molecule has 2 aromatic carbocycles. The predicted octanol–water partition coefficient (Wildman–Crippen LogP) is 4.28. The Kier molecular flexibility index (Phi) is 4.29. The van der Waals surface area contributed by atoms with E-state index in [2.05, 4.69) is 10.3 Å². The first-order valence-corrected chi connectivity index (χ1v) is 7.63. The minimum absolute atomic E-state index is 0.112. The Bertz CT molecular complexity index is 823. The standard InChI is InChI=1S/C16H11F3N2OS/c17-10-7-9(8-11(18)16(10)19)20-14(22)5-6-15-21-12-3-1-2-4-13(12)23-15/h1-4,7-8H,5-6H2,(H,20,22). The lowest BCUT2D eigenvalue weighted by atomic mass is 10.2. The number of fused-ring (bicyclic) bond motifs is 1. The Morgan fingerprint density at radius 3 is 2.52 bits per heavy atom. The van der Waals surface area contributed by atoms with Crippen molar-refractivity contribution in [2.75, 3.05) is 5.32 Å². The molecule has 0 aliphatic carbocycles. The summed E-state index contributed by atoms with van der Waals surface area (Å²) in [6.45, 7) is 0. The number of halogens is 3. The van der Waals surface area contributed by atoms with Crippen LogP contribution in [0.4, 0.5) is 18.9 Å². The van der Waals surface area contributed by atoms with Crippen LogP contribution in [-0.4, -0.2) is 10.9 Å². The quantitative estimate of drug-likeness (QED) is 0.723. The Morgan fingerprint density at radius 2 is 1.83 bits per heavy atom. The molecule has 7 heteroatoms. The van der Waals surface area contributed by atoms with Gasteiger partial charge >= 0.3 is 0 Å². The molecule has 0 unspecified atom stereocenters. The molecule has 1 heterocycles. The number of hydrogen-bond donors (Lipinski definition) is 1. The summed E-state index contributed by atoms with van der Waals surface area (Å²) in [5.41, 5.74) is 0.756. The first-order chi connectivity index (χ1) is 11.0. The minimum atomic E-state index is -1.56. The number of carbonyl (C=O) groups excluding carboxylic acids is 1. The van der Waals surface area contributed by atoms with Gasteiger partial charge in [-0.25, -0.2) is 18.2 Å². The summed E-state index contributed by atoms with van der Waals surface area (Å²) in [4.78, 5) is 16.2. The third-order valence-corrected chi connectivity index (χ3v) is 4.27. The molecule has 0 aliphatic heterocycles. The van der Waals surface area contributed by atoms with Crippen molar-refractivity contribution in [2.45, 2.75) is 12.8 Å². The van der Waals surface area contributed by atoms with E-state index in [0.717, 1.165) is 27.4 Å². The maximum Gasteiger partial charge on any atom is 0.224 e. The number of anilines is 1. The average Bonchev–Trinajstić information content (AvgIpc) is 2.93. The fourth-order valence-electron chi connectivity index (χ4n) is 2.10. The number of para-hydroxylation sites is 1. The second-order valence-corrected chi connectivity index (χ2v) is 5.99. The van der Waals surface area contributed by atoms with Crippen LogP contribution in [0.2, 0.25) is 0 Å². The highest BCUT2D eigenvalue weighted by atomic mass is 32.1. The van der Waals surface area contributed by atoms with E-state index in [1.54, 1.807) is 0 Å². The SMILES string of the molecule is O=C(CCc1nc2ccccc2s1)Nc1cc(F)c(F)c(F)c1. The molecule has 0 atom stereocenters. The molecule has 0 radical (unpaired) electrons. The van der Waals surface area contributed by atoms with Gasteiger partial charge in [0.25, 0.3) is 0 Å². The molecule has 0 bridgehead atoms. The molecule has 118 valence electrons. The maximum absolute atomic E-state index is 13.1. The third kappa shape index (κ3) is 3.50. The highest BCUT2D eigenvalue weighted by Gasteiger charge is 2.13. The van der Waals surface area contributed by atoms with Crippen molar-refractivity contribution in [2.24, 2.45) is 0 Å². The van der Waals surface area contributed by atoms with Crippen molar-refractivity contribution >= 4 is 33.1 Å². The molecule has 0 spiro atoms. The molecule has 1 N–H and O–H groups in total. The van der Waals surface area contributed by atoms with Crippen LogP contribution in [0.25, 0.3) is 10.2 Å². The molecule has 3 aromatic rings. The molecule has 1 amide bonds. The van der Waals surface area contributed by atoms with Crippen LogP contribution in [0, 0.1) is 17.5 Å². The zero-order valence-electron chi connectivity index (χ0n) is 11.8. The number of nitrogens with one attached hydrogen (secondary N) is 1. The zero-order valence-corrected chi connectivity index (χ0v) is 12.6. The van der Waals surface area contributed by atoms with Gasteiger partial charge in [0.1, 0.15) is 0 Å². The summed E-state index contributed by atoms with van der Waals surface area (Å²) < 4.78 is 40.1. The second-order valence-electron chi connectivity index (χ2n) is 4.88. The van der Waals surface area contributed by atoms with Crippen molar-refractivity contribution < 1.29 is 18.0 Å². The first kappa shape index (κ1) is 15.5. The Hall–Kier alpha value is -2.41. The lowest BCUT2D eigenvalue weighted by Gasteiger charge is -2.05. The largest absolute Gasteiger partial charge is 0.326 e. The highest BCUT2D eigenvalue weighted by molar-refractivity contribution is 7.18. The van der Waals surface area contributed by atoms with Gasteiger partial charge in [0.05, 0.1) is 15.2 Å². The normalized spacial score (nSPS) is 10.9. The maximum atomic E-state index is 13.1. The van der Waals surface area contributed by atoms with E-state index < -0.39 is 23.4 Å². The average molecular weight is 336 g/mol. The van der Waals surface area contributed by atoms with E-state index in [0.29, 0.717) is 6.42 Å². The van der Waals surface area contributed by atoms with Crippen molar-refractivity contribution in [1.29, 1.82) is 0 Å². The van der Waals surface area contributed by atoms with Crippen LogP contribution in [0.5, 0.6) is 0 Å². The van der Waals surface area contributed by atoms with Crippen LogP contribution in [0.15, 0.2) is 36.4 Å². The molecule has 23 heavy (non-hydrogen) atoms. The second kappa shape index (κ2) is 6.37.